The Labute approximate surface area is 147 Å². The lowest BCUT2D eigenvalue weighted by molar-refractivity contribution is -0.128. The fourth-order valence-electron chi connectivity index (χ4n) is 3.23. The maximum atomic E-state index is 12.5. The van der Waals surface area contributed by atoms with Crippen LogP contribution in [0, 0.1) is 5.92 Å². The Bertz CT molecular complexity index is 616. The fourth-order valence-corrected chi connectivity index (χ4v) is 3.23. The summed E-state index contributed by atoms with van der Waals surface area (Å²) in [5.74, 6) is 0.214. The van der Waals surface area contributed by atoms with E-state index in [0.717, 1.165) is 32.8 Å². The number of rotatable bonds is 6. The standard InChI is InChI=1S/C18H25N3O4/c1-24-16-5-3-2-4-15(16)19-18(23)14-12-17(22)21(13-14)7-6-20-8-10-25-11-9-20/h2-5,14H,6-13H2,1H3,(H,19,23). The van der Waals surface area contributed by atoms with Gasteiger partial charge in [-0.3, -0.25) is 14.5 Å². The van der Waals surface area contributed by atoms with Gasteiger partial charge in [0.25, 0.3) is 0 Å². The number of likely N-dealkylation sites (tertiary alicyclic amines) is 1. The van der Waals surface area contributed by atoms with Gasteiger partial charge in [-0.1, -0.05) is 12.1 Å². The molecular weight excluding hydrogens is 322 g/mol. The summed E-state index contributed by atoms with van der Waals surface area (Å²) in [6, 6.07) is 7.28. The lowest BCUT2D eigenvalue weighted by Crippen LogP contribution is -2.42. The Balaban J connectivity index is 1.51. The van der Waals surface area contributed by atoms with E-state index in [1.165, 1.54) is 0 Å². The third-order valence-electron chi connectivity index (χ3n) is 4.74. The quantitative estimate of drug-likeness (QED) is 0.825. The molecule has 2 heterocycles. The predicted octanol–water partition coefficient (Wildman–Crippen LogP) is 0.814. The van der Waals surface area contributed by atoms with Gasteiger partial charge in [-0.15, -0.1) is 0 Å². The molecule has 1 aromatic carbocycles. The second kappa shape index (κ2) is 8.31. The smallest absolute Gasteiger partial charge is 0.229 e. The number of benzene rings is 1. The van der Waals surface area contributed by atoms with Crippen molar-refractivity contribution in [3.63, 3.8) is 0 Å². The van der Waals surface area contributed by atoms with Crippen molar-refractivity contribution in [2.24, 2.45) is 5.92 Å². The van der Waals surface area contributed by atoms with Gasteiger partial charge in [0.1, 0.15) is 5.75 Å². The molecule has 25 heavy (non-hydrogen) atoms. The van der Waals surface area contributed by atoms with Gasteiger partial charge < -0.3 is 19.7 Å². The molecule has 1 aromatic rings. The number of carbonyl (C=O) groups is 2. The van der Waals surface area contributed by atoms with Crippen molar-refractivity contribution in [1.82, 2.24) is 9.80 Å². The molecule has 136 valence electrons. The molecule has 3 rings (SSSR count). The zero-order valence-corrected chi connectivity index (χ0v) is 14.6. The first kappa shape index (κ1) is 17.7. The molecule has 0 spiro atoms. The van der Waals surface area contributed by atoms with E-state index in [0.29, 0.717) is 24.5 Å². The van der Waals surface area contributed by atoms with Crippen molar-refractivity contribution in [1.29, 1.82) is 0 Å². The Kier molecular flexibility index (Phi) is 5.88. The van der Waals surface area contributed by atoms with Gasteiger partial charge in [-0.05, 0) is 12.1 Å². The number of hydrogen-bond acceptors (Lipinski definition) is 5. The van der Waals surface area contributed by atoms with Crippen LogP contribution in [0.4, 0.5) is 5.69 Å². The number of morpholine rings is 1. The number of nitrogens with zero attached hydrogens (tertiary/aromatic N) is 2. The van der Waals surface area contributed by atoms with E-state index < -0.39 is 0 Å². The van der Waals surface area contributed by atoms with Gasteiger partial charge in [0.05, 0.1) is 31.9 Å². The number of hydrogen-bond donors (Lipinski definition) is 1. The summed E-state index contributed by atoms with van der Waals surface area (Å²) in [5.41, 5.74) is 0.634. The van der Waals surface area contributed by atoms with E-state index in [9.17, 15) is 9.59 Å². The third-order valence-corrected chi connectivity index (χ3v) is 4.74. The average molecular weight is 347 g/mol. The van der Waals surface area contributed by atoms with Crippen molar-refractivity contribution in [2.75, 3.05) is 58.4 Å². The molecule has 1 unspecified atom stereocenters. The molecule has 2 fully saturated rings. The van der Waals surface area contributed by atoms with Crippen LogP contribution in [0.2, 0.25) is 0 Å². The molecule has 0 bridgehead atoms. The van der Waals surface area contributed by atoms with E-state index in [1.54, 1.807) is 24.1 Å². The molecule has 0 saturated carbocycles. The zero-order chi connectivity index (χ0) is 17.6. The van der Waals surface area contributed by atoms with Gasteiger partial charge in [0, 0.05) is 39.1 Å². The maximum absolute atomic E-state index is 12.5. The first-order valence-electron chi connectivity index (χ1n) is 8.69. The molecule has 7 nitrogen and oxygen atoms in total. The van der Waals surface area contributed by atoms with Crippen molar-refractivity contribution in [2.45, 2.75) is 6.42 Å². The summed E-state index contributed by atoms with van der Waals surface area (Å²) < 4.78 is 10.6. The molecule has 1 atom stereocenters. The molecule has 2 aliphatic rings. The highest BCUT2D eigenvalue weighted by atomic mass is 16.5. The van der Waals surface area contributed by atoms with Gasteiger partial charge >= 0.3 is 0 Å². The predicted molar refractivity (Wildman–Crippen MR) is 93.6 cm³/mol. The Morgan fingerprint density at radius 1 is 1.28 bits per heavy atom. The molecule has 0 radical (unpaired) electrons. The molecule has 2 amide bonds. The van der Waals surface area contributed by atoms with Crippen LogP contribution in [0.25, 0.3) is 0 Å². The second-order valence-corrected chi connectivity index (χ2v) is 6.38. The van der Waals surface area contributed by atoms with Crippen LogP contribution in [-0.4, -0.2) is 74.7 Å². The van der Waals surface area contributed by atoms with Crippen LogP contribution in [-0.2, 0) is 14.3 Å². The minimum atomic E-state index is -0.317. The van der Waals surface area contributed by atoms with Crippen molar-refractivity contribution < 1.29 is 19.1 Å². The molecule has 2 aliphatic heterocycles. The van der Waals surface area contributed by atoms with E-state index in [4.69, 9.17) is 9.47 Å². The Hall–Kier alpha value is -2.12. The number of para-hydroxylation sites is 2. The van der Waals surface area contributed by atoms with Gasteiger partial charge in [-0.2, -0.15) is 0 Å². The molecular formula is C18H25N3O4. The Morgan fingerprint density at radius 3 is 2.80 bits per heavy atom. The molecule has 1 N–H and O–H groups in total. The molecule has 2 saturated heterocycles. The molecule has 7 heteroatoms. The number of ether oxygens (including phenoxy) is 2. The molecule has 0 aliphatic carbocycles. The highest BCUT2D eigenvalue weighted by Gasteiger charge is 2.34. The maximum Gasteiger partial charge on any atom is 0.229 e. The minimum absolute atomic E-state index is 0.0495. The van der Waals surface area contributed by atoms with Crippen molar-refractivity contribution in [3.05, 3.63) is 24.3 Å². The summed E-state index contributed by atoms with van der Waals surface area (Å²) in [6.07, 6.45) is 0.268. The first-order chi connectivity index (χ1) is 12.2. The average Bonchev–Trinajstić information content (AvgIpc) is 3.02. The summed E-state index contributed by atoms with van der Waals surface area (Å²) >= 11 is 0. The normalized spacial score (nSPS) is 21.4. The van der Waals surface area contributed by atoms with Crippen LogP contribution >= 0.6 is 0 Å². The number of carbonyl (C=O) groups excluding carboxylic acids is 2. The van der Waals surface area contributed by atoms with Crippen LogP contribution in [0.1, 0.15) is 6.42 Å². The summed E-state index contributed by atoms with van der Waals surface area (Å²) in [4.78, 5) is 28.8. The zero-order valence-electron chi connectivity index (χ0n) is 14.6. The van der Waals surface area contributed by atoms with Crippen LogP contribution in [0.3, 0.4) is 0 Å². The summed E-state index contributed by atoms with van der Waals surface area (Å²) in [7, 11) is 1.57. The van der Waals surface area contributed by atoms with Crippen LogP contribution < -0.4 is 10.1 Å². The first-order valence-corrected chi connectivity index (χ1v) is 8.69. The van der Waals surface area contributed by atoms with E-state index in [1.807, 2.05) is 12.1 Å². The summed E-state index contributed by atoms with van der Waals surface area (Å²) in [5, 5.41) is 2.88. The van der Waals surface area contributed by atoms with Crippen molar-refractivity contribution in [3.8, 4) is 5.75 Å². The SMILES string of the molecule is COc1ccccc1NC(=O)C1CC(=O)N(CCN2CCOCC2)C1. The largest absolute Gasteiger partial charge is 0.495 e. The van der Waals surface area contributed by atoms with E-state index in [2.05, 4.69) is 10.2 Å². The lowest BCUT2D eigenvalue weighted by Gasteiger charge is -2.28. The van der Waals surface area contributed by atoms with Gasteiger partial charge in [0.2, 0.25) is 11.8 Å². The fraction of sp³-hybridized carbons (Fsp3) is 0.556. The van der Waals surface area contributed by atoms with Crippen LogP contribution in [0.5, 0.6) is 5.75 Å². The minimum Gasteiger partial charge on any atom is -0.495 e. The van der Waals surface area contributed by atoms with Crippen molar-refractivity contribution >= 4 is 17.5 Å². The highest BCUT2D eigenvalue weighted by Crippen LogP contribution is 2.25. The number of methoxy groups -OCH3 is 1. The second-order valence-electron chi connectivity index (χ2n) is 6.38. The number of amides is 2. The van der Waals surface area contributed by atoms with Gasteiger partial charge in [-0.25, -0.2) is 0 Å². The third kappa shape index (κ3) is 4.49. The Morgan fingerprint density at radius 2 is 2.04 bits per heavy atom. The van der Waals surface area contributed by atoms with Gasteiger partial charge in [0.15, 0.2) is 0 Å². The lowest BCUT2D eigenvalue weighted by atomic mass is 10.1. The summed E-state index contributed by atoms with van der Waals surface area (Å²) in [6.45, 7) is 5.27. The van der Waals surface area contributed by atoms with E-state index >= 15 is 0 Å². The van der Waals surface area contributed by atoms with E-state index in [-0.39, 0.29) is 24.2 Å². The topological polar surface area (TPSA) is 71.1 Å². The number of anilines is 1. The highest BCUT2D eigenvalue weighted by molar-refractivity contribution is 5.98. The monoisotopic (exact) mass is 347 g/mol. The van der Waals surface area contributed by atoms with Crippen LogP contribution in [0.15, 0.2) is 24.3 Å². The molecule has 0 aromatic heterocycles. The number of nitrogens with one attached hydrogen (secondary N) is 1.